The minimum atomic E-state index is -0.0696. The van der Waals surface area contributed by atoms with Gasteiger partial charge in [0, 0.05) is 44.1 Å². The zero-order chi connectivity index (χ0) is 11.3. The maximum absolute atomic E-state index is 11.5. The van der Waals surface area contributed by atoms with Crippen LogP contribution < -0.4 is 5.73 Å². The van der Waals surface area contributed by atoms with E-state index in [2.05, 4.69) is 4.98 Å². The molecular formula is C10H17N3OS. The average Bonchev–Trinajstić information content (AvgIpc) is 2.65. The molecule has 84 valence electrons. The molecule has 1 atom stereocenters. The summed E-state index contributed by atoms with van der Waals surface area (Å²) in [5.74, 6) is 0.0987. The number of hydrogen-bond donors (Lipinski definition) is 1. The van der Waals surface area contributed by atoms with E-state index in [-0.39, 0.29) is 11.9 Å². The molecule has 1 aromatic heterocycles. The Morgan fingerprint density at radius 3 is 3.00 bits per heavy atom. The smallest absolute Gasteiger partial charge is 0.223 e. The van der Waals surface area contributed by atoms with Gasteiger partial charge in [0.15, 0.2) is 0 Å². The van der Waals surface area contributed by atoms with Crippen molar-refractivity contribution in [2.75, 3.05) is 13.6 Å². The van der Waals surface area contributed by atoms with E-state index in [0.717, 1.165) is 11.4 Å². The largest absolute Gasteiger partial charge is 0.345 e. The van der Waals surface area contributed by atoms with Crippen molar-refractivity contribution in [3.8, 4) is 0 Å². The average molecular weight is 227 g/mol. The highest BCUT2D eigenvalue weighted by atomic mass is 32.1. The SMILES string of the molecule is CC(N)CC(=O)N(C)CCc1nccs1. The van der Waals surface area contributed by atoms with E-state index < -0.39 is 0 Å². The second-order valence-electron chi connectivity index (χ2n) is 3.67. The van der Waals surface area contributed by atoms with Crippen LogP contribution in [0.3, 0.4) is 0 Å². The second-order valence-corrected chi connectivity index (χ2v) is 4.65. The monoisotopic (exact) mass is 227 g/mol. The molecule has 2 N–H and O–H groups in total. The molecule has 0 spiro atoms. The highest BCUT2D eigenvalue weighted by Crippen LogP contribution is 2.05. The first kappa shape index (κ1) is 12.1. The van der Waals surface area contributed by atoms with E-state index in [1.54, 1.807) is 29.5 Å². The van der Waals surface area contributed by atoms with Crippen molar-refractivity contribution in [2.24, 2.45) is 5.73 Å². The molecule has 0 saturated carbocycles. The van der Waals surface area contributed by atoms with Crippen LogP contribution in [0.4, 0.5) is 0 Å². The quantitative estimate of drug-likeness (QED) is 0.812. The van der Waals surface area contributed by atoms with Crippen LogP contribution in [0, 0.1) is 0 Å². The van der Waals surface area contributed by atoms with Crippen LogP contribution in [0.25, 0.3) is 0 Å². The van der Waals surface area contributed by atoms with Crippen molar-refractivity contribution in [1.29, 1.82) is 0 Å². The fourth-order valence-corrected chi connectivity index (χ4v) is 1.81. The predicted molar refractivity (Wildman–Crippen MR) is 61.7 cm³/mol. The highest BCUT2D eigenvalue weighted by molar-refractivity contribution is 7.09. The summed E-state index contributed by atoms with van der Waals surface area (Å²) in [7, 11) is 1.80. The fourth-order valence-electron chi connectivity index (χ4n) is 1.20. The Morgan fingerprint density at radius 1 is 1.73 bits per heavy atom. The van der Waals surface area contributed by atoms with Gasteiger partial charge in [0.05, 0.1) is 5.01 Å². The fraction of sp³-hybridized carbons (Fsp3) is 0.600. The molecule has 0 aliphatic carbocycles. The van der Waals surface area contributed by atoms with Crippen LogP contribution in [0.1, 0.15) is 18.4 Å². The van der Waals surface area contributed by atoms with E-state index in [0.29, 0.717) is 13.0 Å². The Morgan fingerprint density at radius 2 is 2.47 bits per heavy atom. The molecule has 0 radical (unpaired) electrons. The number of amides is 1. The number of nitrogens with two attached hydrogens (primary N) is 1. The summed E-state index contributed by atoms with van der Waals surface area (Å²) in [6, 6.07) is -0.0696. The van der Waals surface area contributed by atoms with Gasteiger partial charge in [-0.3, -0.25) is 4.79 Å². The molecule has 0 saturated heterocycles. The van der Waals surface area contributed by atoms with Gasteiger partial charge in [-0.15, -0.1) is 11.3 Å². The van der Waals surface area contributed by atoms with E-state index in [4.69, 9.17) is 5.73 Å². The first-order valence-electron chi connectivity index (χ1n) is 4.97. The molecule has 0 aliphatic rings. The van der Waals surface area contributed by atoms with Gasteiger partial charge in [0.1, 0.15) is 0 Å². The molecule has 15 heavy (non-hydrogen) atoms. The van der Waals surface area contributed by atoms with Crippen molar-refractivity contribution in [1.82, 2.24) is 9.88 Å². The predicted octanol–water partition coefficient (Wildman–Crippen LogP) is 0.881. The molecule has 4 nitrogen and oxygen atoms in total. The van der Waals surface area contributed by atoms with Crippen molar-refractivity contribution < 1.29 is 4.79 Å². The Kier molecular flexibility index (Phi) is 4.71. The van der Waals surface area contributed by atoms with Crippen LogP contribution >= 0.6 is 11.3 Å². The van der Waals surface area contributed by atoms with Crippen LogP contribution in [0.15, 0.2) is 11.6 Å². The van der Waals surface area contributed by atoms with Crippen LogP contribution in [-0.2, 0) is 11.2 Å². The van der Waals surface area contributed by atoms with Gasteiger partial charge < -0.3 is 10.6 Å². The lowest BCUT2D eigenvalue weighted by Crippen LogP contribution is -2.33. The molecular weight excluding hydrogens is 210 g/mol. The first-order valence-corrected chi connectivity index (χ1v) is 5.85. The molecule has 0 aliphatic heterocycles. The third-order valence-electron chi connectivity index (χ3n) is 2.07. The van der Waals surface area contributed by atoms with Crippen molar-refractivity contribution in [2.45, 2.75) is 25.8 Å². The summed E-state index contributed by atoms with van der Waals surface area (Å²) in [4.78, 5) is 17.4. The van der Waals surface area contributed by atoms with Gasteiger partial charge in [-0.05, 0) is 6.92 Å². The number of aromatic nitrogens is 1. The molecule has 1 amide bonds. The number of rotatable bonds is 5. The maximum atomic E-state index is 11.5. The lowest BCUT2D eigenvalue weighted by atomic mass is 10.2. The van der Waals surface area contributed by atoms with Gasteiger partial charge in [-0.25, -0.2) is 4.98 Å². The Hall–Kier alpha value is -0.940. The van der Waals surface area contributed by atoms with Crippen molar-refractivity contribution in [3.63, 3.8) is 0 Å². The third kappa shape index (κ3) is 4.40. The van der Waals surface area contributed by atoms with E-state index >= 15 is 0 Å². The van der Waals surface area contributed by atoms with Crippen LogP contribution in [0.5, 0.6) is 0 Å². The normalized spacial score (nSPS) is 12.5. The summed E-state index contributed by atoms with van der Waals surface area (Å²) in [5.41, 5.74) is 5.56. The van der Waals surface area contributed by atoms with Gasteiger partial charge in [0.25, 0.3) is 0 Å². The number of thiazole rings is 1. The number of likely N-dealkylation sites (N-methyl/N-ethyl adjacent to an activating group) is 1. The Bertz CT molecular complexity index is 298. The lowest BCUT2D eigenvalue weighted by molar-refractivity contribution is -0.130. The number of hydrogen-bond acceptors (Lipinski definition) is 4. The summed E-state index contributed by atoms with van der Waals surface area (Å²) in [6.45, 7) is 2.55. The zero-order valence-corrected chi connectivity index (χ0v) is 9.96. The van der Waals surface area contributed by atoms with E-state index in [1.807, 2.05) is 12.3 Å². The number of nitrogens with zero attached hydrogens (tertiary/aromatic N) is 2. The Labute approximate surface area is 94.1 Å². The molecule has 5 heteroatoms. The van der Waals surface area contributed by atoms with Crippen molar-refractivity contribution in [3.05, 3.63) is 16.6 Å². The Balaban J connectivity index is 2.29. The second kappa shape index (κ2) is 5.82. The maximum Gasteiger partial charge on any atom is 0.223 e. The summed E-state index contributed by atoms with van der Waals surface area (Å²) in [5, 5.41) is 3.01. The van der Waals surface area contributed by atoms with Gasteiger partial charge in [-0.2, -0.15) is 0 Å². The molecule has 1 aromatic rings. The summed E-state index contributed by atoms with van der Waals surface area (Å²) in [6.07, 6.45) is 3.01. The van der Waals surface area contributed by atoms with Gasteiger partial charge >= 0.3 is 0 Å². The van der Waals surface area contributed by atoms with Gasteiger partial charge in [0.2, 0.25) is 5.91 Å². The van der Waals surface area contributed by atoms with E-state index in [9.17, 15) is 4.79 Å². The molecule has 0 bridgehead atoms. The summed E-state index contributed by atoms with van der Waals surface area (Å²) < 4.78 is 0. The minimum absolute atomic E-state index is 0.0696. The number of carbonyl (C=O) groups is 1. The van der Waals surface area contributed by atoms with E-state index in [1.165, 1.54) is 0 Å². The lowest BCUT2D eigenvalue weighted by Gasteiger charge is -2.17. The third-order valence-corrected chi connectivity index (χ3v) is 2.91. The molecule has 0 aromatic carbocycles. The van der Waals surface area contributed by atoms with Gasteiger partial charge in [-0.1, -0.05) is 0 Å². The van der Waals surface area contributed by atoms with Crippen LogP contribution in [0.2, 0.25) is 0 Å². The first-order chi connectivity index (χ1) is 7.09. The molecule has 0 fully saturated rings. The van der Waals surface area contributed by atoms with Crippen molar-refractivity contribution >= 4 is 17.2 Å². The molecule has 1 heterocycles. The standard InChI is InChI=1S/C10H17N3OS/c1-8(11)7-10(14)13(2)5-3-9-12-4-6-15-9/h4,6,8H,3,5,7,11H2,1-2H3. The summed E-state index contributed by atoms with van der Waals surface area (Å²) >= 11 is 1.62. The zero-order valence-electron chi connectivity index (χ0n) is 9.14. The number of carbonyl (C=O) groups excluding carboxylic acids is 1. The highest BCUT2D eigenvalue weighted by Gasteiger charge is 2.10. The topological polar surface area (TPSA) is 59.2 Å². The molecule has 1 unspecified atom stereocenters. The molecule has 1 rings (SSSR count). The minimum Gasteiger partial charge on any atom is -0.345 e. The van der Waals surface area contributed by atoms with Crippen LogP contribution in [-0.4, -0.2) is 35.4 Å².